The zero-order chi connectivity index (χ0) is 10.6. The molecule has 0 aliphatic rings. The maximum atomic E-state index is 11.5. The number of nitrogens with zero attached hydrogens (tertiary/aromatic N) is 1. The number of aromatic nitrogens is 1. The summed E-state index contributed by atoms with van der Waals surface area (Å²) in [6.07, 6.45) is 2.72. The fourth-order valence-electron chi connectivity index (χ4n) is 1.36. The van der Waals surface area contributed by atoms with Crippen LogP contribution in [-0.4, -0.2) is 10.8 Å². The number of hydrogen-bond donors (Lipinski definition) is 1. The van der Waals surface area contributed by atoms with Gasteiger partial charge in [-0.05, 0) is 23.6 Å². The van der Waals surface area contributed by atoms with Gasteiger partial charge in [-0.25, -0.2) is 4.98 Å². The van der Waals surface area contributed by atoms with Gasteiger partial charge in [-0.2, -0.15) is 0 Å². The van der Waals surface area contributed by atoms with E-state index in [2.05, 4.69) is 4.98 Å². The summed E-state index contributed by atoms with van der Waals surface area (Å²) >= 11 is 0. The van der Waals surface area contributed by atoms with Crippen LogP contribution < -0.4 is 5.73 Å². The summed E-state index contributed by atoms with van der Waals surface area (Å²) in [5, 5.41) is 0. The number of hydrogen-bond acceptors (Lipinski definition) is 3. The number of nitrogens with two attached hydrogens (primary N) is 1. The van der Waals surface area contributed by atoms with E-state index in [4.69, 9.17) is 5.73 Å². The highest BCUT2D eigenvalue weighted by Gasteiger charge is 2.06. The number of nitrogen functional groups attached to an aromatic ring is 1. The molecule has 14 heavy (non-hydrogen) atoms. The standard InChI is InChI=1S/C11H16N2O/c1-8(2)5-10(14)6-9-3-4-13-11(12)7-9/h3-4,7-8H,5-6H2,1-2H3,(H2,12,13). The third kappa shape index (κ3) is 3.56. The predicted octanol–water partition coefficient (Wildman–Crippen LogP) is 1.82. The first-order valence-electron chi connectivity index (χ1n) is 4.80. The number of Topliss-reactive ketones (excluding diaryl/α,β-unsaturated/α-hetero) is 1. The molecule has 2 N–H and O–H groups in total. The Hall–Kier alpha value is -1.38. The Kier molecular flexibility index (Phi) is 3.63. The first-order valence-corrected chi connectivity index (χ1v) is 4.80. The fourth-order valence-corrected chi connectivity index (χ4v) is 1.36. The molecule has 1 rings (SSSR count). The molecule has 1 aromatic heterocycles. The van der Waals surface area contributed by atoms with Gasteiger partial charge < -0.3 is 5.73 Å². The molecule has 1 heterocycles. The lowest BCUT2D eigenvalue weighted by Gasteiger charge is -2.04. The molecule has 0 aliphatic heterocycles. The van der Waals surface area contributed by atoms with Crippen molar-refractivity contribution in [3.8, 4) is 0 Å². The summed E-state index contributed by atoms with van der Waals surface area (Å²) in [4.78, 5) is 15.3. The van der Waals surface area contributed by atoms with Crippen molar-refractivity contribution in [2.45, 2.75) is 26.7 Å². The van der Waals surface area contributed by atoms with Crippen molar-refractivity contribution in [3.05, 3.63) is 23.9 Å². The topological polar surface area (TPSA) is 56.0 Å². The van der Waals surface area contributed by atoms with Gasteiger partial charge in [0.1, 0.15) is 11.6 Å². The van der Waals surface area contributed by atoms with Crippen LogP contribution in [0.4, 0.5) is 5.82 Å². The van der Waals surface area contributed by atoms with Crippen LogP contribution in [0.2, 0.25) is 0 Å². The zero-order valence-corrected chi connectivity index (χ0v) is 8.66. The highest BCUT2D eigenvalue weighted by atomic mass is 16.1. The van der Waals surface area contributed by atoms with Gasteiger partial charge in [-0.1, -0.05) is 13.8 Å². The Morgan fingerprint density at radius 2 is 2.29 bits per heavy atom. The van der Waals surface area contributed by atoms with Crippen molar-refractivity contribution in [1.29, 1.82) is 0 Å². The minimum Gasteiger partial charge on any atom is -0.384 e. The lowest BCUT2D eigenvalue weighted by Crippen LogP contribution is -2.06. The van der Waals surface area contributed by atoms with Crippen LogP contribution in [0, 0.1) is 5.92 Å². The van der Waals surface area contributed by atoms with Gasteiger partial charge in [0.05, 0.1) is 0 Å². The lowest BCUT2D eigenvalue weighted by atomic mass is 10.0. The highest BCUT2D eigenvalue weighted by molar-refractivity contribution is 5.81. The number of pyridine rings is 1. The molecular formula is C11H16N2O. The fraction of sp³-hybridized carbons (Fsp3) is 0.455. The minimum absolute atomic E-state index is 0.255. The van der Waals surface area contributed by atoms with E-state index in [0.29, 0.717) is 24.6 Å². The highest BCUT2D eigenvalue weighted by Crippen LogP contribution is 2.08. The van der Waals surface area contributed by atoms with Crippen LogP contribution in [0.25, 0.3) is 0 Å². The normalized spacial score (nSPS) is 10.5. The average Bonchev–Trinajstić information content (AvgIpc) is 2.01. The Bertz CT molecular complexity index is 321. The van der Waals surface area contributed by atoms with Crippen molar-refractivity contribution >= 4 is 11.6 Å². The summed E-state index contributed by atoms with van der Waals surface area (Å²) in [7, 11) is 0. The molecule has 0 saturated carbocycles. The first kappa shape index (κ1) is 10.7. The number of rotatable bonds is 4. The quantitative estimate of drug-likeness (QED) is 0.791. The van der Waals surface area contributed by atoms with Gasteiger partial charge in [0, 0.05) is 19.0 Å². The molecule has 3 nitrogen and oxygen atoms in total. The maximum absolute atomic E-state index is 11.5. The molecule has 0 fully saturated rings. The van der Waals surface area contributed by atoms with Crippen molar-refractivity contribution in [1.82, 2.24) is 4.98 Å². The third-order valence-corrected chi connectivity index (χ3v) is 1.88. The van der Waals surface area contributed by atoms with Crippen LogP contribution in [0.3, 0.4) is 0 Å². The predicted molar refractivity (Wildman–Crippen MR) is 56.8 cm³/mol. The second-order valence-corrected chi connectivity index (χ2v) is 3.90. The monoisotopic (exact) mass is 192 g/mol. The summed E-state index contributed by atoms with van der Waals surface area (Å²) in [5.41, 5.74) is 6.46. The van der Waals surface area contributed by atoms with Gasteiger partial charge in [-0.3, -0.25) is 4.79 Å². The summed E-state index contributed by atoms with van der Waals surface area (Å²) < 4.78 is 0. The summed E-state index contributed by atoms with van der Waals surface area (Å²) in [5.74, 6) is 1.15. The second kappa shape index (κ2) is 4.74. The molecule has 0 saturated heterocycles. The van der Waals surface area contributed by atoms with Gasteiger partial charge >= 0.3 is 0 Å². The molecule has 3 heteroatoms. The van der Waals surface area contributed by atoms with E-state index in [1.165, 1.54) is 0 Å². The SMILES string of the molecule is CC(C)CC(=O)Cc1ccnc(N)c1. The number of carbonyl (C=O) groups is 1. The number of anilines is 1. The van der Waals surface area contributed by atoms with E-state index >= 15 is 0 Å². The van der Waals surface area contributed by atoms with Gasteiger partial charge in [0.25, 0.3) is 0 Å². The summed E-state index contributed by atoms with van der Waals surface area (Å²) in [6.45, 7) is 4.08. The average molecular weight is 192 g/mol. The van der Waals surface area contributed by atoms with E-state index < -0.39 is 0 Å². The van der Waals surface area contributed by atoms with Crippen LogP contribution in [0.5, 0.6) is 0 Å². The van der Waals surface area contributed by atoms with Crippen LogP contribution in [-0.2, 0) is 11.2 Å². The maximum Gasteiger partial charge on any atom is 0.137 e. The van der Waals surface area contributed by atoms with Gasteiger partial charge in [0.2, 0.25) is 0 Å². The number of ketones is 1. The van der Waals surface area contributed by atoms with Crippen LogP contribution in [0.15, 0.2) is 18.3 Å². The molecule has 0 aromatic carbocycles. The Balaban J connectivity index is 2.56. The Morgan fingerprint density at radius 1 is 1.57 bits per heavy atom. The van der Waals surface area contributed by atoms with Crippen LogP contribution >= 0.6 is 0 Å². The van der Waals surface area contributed by atoms with Gasteiger partial charge in [0.15, 0.2) is 0 Å². The largest absolute Gasteiger partial charge is 0.384 e. The molecule has 0 bridgehead atoms. The van der Waals surface area contributed by atoms with Crippen molar-refractivity contribution in [2.24, 2.45) is 5.92 Å². The van der Waals surface area contributed by atoms with Crippen molar-refractivity contribution in [3.63, 3.8) is 0 Å². The van der Waals surface area contributed by atoms with E-state index in [1.54, 1.807) is 12.3 Å². The van der Waals surface area contributed by atoms with Crippen LogP contribution in [0.1, 0.15) is 25.8 Å². The van der Waals surface area contributed by atoms with Crippen molar-refractivity contribution < 1.29 is 4.79 Å². The van der Waals surface area contributed by atoms with Crippen molar-refractivity contribution in [2.75, 3.05) is 5.73 Å². The van der Waals surface area contributed by atoms with Gasteiger partial charge in [-0.15, -0.1) is 0 Å². The molecule has 76 valence electrons. The summed E-state index contributed by atoms with van der Waals surface area (Å²) in [6, 6.07) is 3.58. The molecule has 0 atom stereocenters. The smallest absolute Gasteiger partial charge is 0.137 e. The first-order chi connectivity index (χ1) is 6.58. The molecular weight excluding hydrogens is 176 g/mol. The molecule has 0 radical (unpaired) electrons. The van der Waals surface area contributed by atoms with E-state index in [9.17, 15) is 4.79 Å². The zero-order valence-electron chi connectivity index (χ0n) is 8.66. The Morgan fingerprint density at radius 3 is 2.86 bits per heavy atom. The molecule has 0 spiro atoms. The van der Waals surface area contributed by atoms with E-state index in [0.717, 1.165) is 5.56 Å². The second-order valence-electron chi connectivity index (χ2n) is 3.90. The molecule has 0 unspecified atom stereocenters. The minimum atomic E-state index is 0.255. The molecule has 0 aliphatic carbocycles. The van der Waals surface area contributed by atoms with E-state index in [1.807, 2.05) is 19.9 Å². The molecule has 1 aromatic rings. The lowest BCUT2D eigenvalue weighted by molar-refractivity contribution is -0.119. The third-order valence-electron chi connectivity index (χ3n) is 1.88. The number of carbonyl (C=O) groups excluding carboxylic acids is 1. The molecule has 0 amide bonds. The van der Waals surface area contributed by atoms with E-state index in [-0.39, 0.29) is 5.78 Å². The Labute approximate surface area is 84.3 Å².